The van der Waals surface area contributed by atoms with Gasteiger partial charge in [0.2, 0.25) is 0 Å². The summed E-state index contributed by atoms with van der Waals surface area (Å²) in [5.41, 5.74) is 0.209. The van der Waals surface area contributed by atoms with Gasteiger partial charge in [-0.2, -0.15) is 0 Å². The van der Waals surface area contributed by atoms with Gasteiger partial charge in [0.05, 0.1) is 5.56 Å². The minimum atomic E-state index is -0.702. The molecular weight excluding hydrogens is 312 g/mol. The summed E-state index contributed by atoms with van der Waals surface area (Å²) >= 11 is 0. The van der Waals surface area contributed by atoms with E-state index in [1.165, 1.54) is 24.3 Å². The molecule has 0 aliphatic heterocycles. The van der Waals surface area contributed by atoms with E-state index in [2.05, 4.69) is 17.6 Å². The molecule has 0 bridgehead atoms. The van der Waals surface area contributed by atoms with Crippen molar-refractivity contribution < 1.29 is 24.2 Å². The van der Waals surface area contributed by atoms with E-state index in [0.717, 1.165) is 25.7 Å². The fourth-order valence-corrected chi connectivity index (χ4v) is 2.71. The third-order valence-corrected chi connectivity index (χ3v) is 4.12. The van der Waals surface area contributed by atoms with E-state index in [4.69, 9.17) is 9.84 Å². The number of esters is 1. The van der Waals surface area contributed by atoms with Crippen molar-refractivity contribution in [1.29, 1.82) is 0 Å². The molecule has 1 fully saturated rings. The zero-order valence-corrected chi connectivity index (χ0v) is 13.6. The molecule has 2 atom stereocenters. The molecule has 0 saturated heterocycles. The summed E-state index contributed by atoms with van der Waals surface area (Å²) in [6, 6.07) is 4.94. The van der Waals surface area contributed by atoms with Gasteiger partial charge in [-0.15, -0.1) is 0 Å². The average Bonchev–Trinajstić information content (AvgIpc) is 2.55. The number of urea groups is 1. The van der Waals surface area contributed by atoms with Gasteiger partial charge in [-0.05, 0) is 43.0 Å². The zero-order valence-electron chi connectivity index (χ0n) is 13.6. The summed E-state index contributed by atoms with van der Waals surface area (Å²) < 4.78 is 4.83. The van der Waals surface area contributed by atoms with Crippen LogP contribution < -0.4 is 10.6 Å². The number of amides is 3. The average molecular weight is 334 g/mol. The van der Waals surface area contributed by atoms with Crippen LogP contribution in [-0.2, 0) is 9.53 Å². The molecule has 3 N–H and O–H groups in total. The Morgan fingerprint density at radius 2 is 1.83 bits per heavy atom. The number of hydrogen-bond donors (Lipinski definition) is 3. The van der Waals surface area contributed by atoms with Gasteiger partial charge in [0, 0.05) is 6.04 Å². The number of benzene rings is 1. The van der Waals surface area contributed by atoms with Gasteiger partial charge in [-0.25, -0.2) is 9.59 Å². The van der Waals surface area contributed by atoms with Crippen molar-refractivity contribution in [2.75, 3.05) is 6.61 Å². The lowest BCUT2D eigenvalue weighted by atomic mass is 9.86. The van der Waals surface area contributed by atoms with Crippen LogP contribution in [0.25, 0.3) is 0 Å². The van der Waals surface area contributed by atoms with Crippen molar-refractivity contribution in [2.45, 2.75) is 38.6 Å². The van der Waals surface area contributed by atoms with Crippen LogP contribution in [0.3, 0.4) is 0 Å². The number of hydrogen-bond acceptors (Lipinski definition) is 5. The van der Waals surface area contributed by atoms with Crippen LogP contribution in [0.1, 0.15) is 43.0 Å². The van der Waals surface area contributed by atoms with E-state index < -0.39 is 24.5 Å². The van der Waals surface area contributed by atoms with Crippen LogP contribution in [0.2, 0.25) is 0 Å². The third kappa shape index (κ3) is 5.26. The van der Waals surface area contributed by atoms with E-state index in [1.807, 2.05) is 0 Å². The number of nitrogens with one attached hydrogen (secondary N) is 2. The highest BCUT2D eigenvalue weighted by atomic mass is 16.5. The Hall–Kier alpha value is -2.57. The predicted molar refractivity (Wildman–Crippen MR) is 86.5 cm³/mol. The minimum absolute atomic E-state index is 0.0258. The van der Waals surface area contributed by atoms with Gasteiger partial charge < -0.3 is 15.2 Å². The quantitative estimate of drug-likeness (QED) is 0.730. The van der Waals surface area contributed by atoms with Crippen LogP contribution in [0.5, 0.6) is 5.75 Å². The summed E-state index contributed by atoms with van der Waals surface area (Å²) in [5, 5.41) is 14.1. The van der Waals surface area contributed by atoms with Crippen LogP contribution in [0, 0.1) is 5.92 Å². The molecule has 0 unspecified atom stereocenters. The molecule has 130 valence electrons. The van der Waals surface area contributed by atoms with Crippen LogP contribution in [0.4, 0.5) is 4.79 Å². The number of rotatable bonds is 4. The predicted octanol–water partition coefficient (Wildman–Crippen LogP) is 1.95. The maximum atomic E-state index is 11.8. The molecule has 1 aromatic carbocycles. The van der Waals surface area contributed by atoms with Crippen molar-refractivity contribution in [1.82, 2.24) is 10.6 Å². The van der Waals surface area contributed by atoms with Gasteiger partial charge in [0.15, 0.2) is 6.61 Å². The smallest absolute Gasteiger partial charge is 0.338 e. The molecule has 1 aromatic rings. The topological polar surface area (TPSA) is 105 Å². The fourth-order valence-electron chi connectivity index (χ4n) is 2.71. The van der Waals surface area contributed by atoms with E-state index >= 15 is 0 Å². The van der Waals surface area contributed by atoms with Gasteiger partial charge >= 0.3 is 12.0 Å². The summed E-state index contributed by atoms with van der Waals surface area (Å²) in [6.45, 7) is 1.53. The molecule has 3 amide bonds. The second-order valence-corrected chi connectivity index (χ2v) is 6.01. The number of aromatic hydroxyl groups is 1. The minimum Gasteiger partial charge on any atom is -0.508 e. The molecular formula is C17H22N2O5. The molecule has 0 radical (unpaired) electrons. The molecule has 1 aliphatic rings. The number of phenolic OH excluding ortho intramolecular Hbond substituents is 1. The number of phenols is 1. The van der Waals surface area contributed by atoms with Gasteiger partial charge in [-0.1, -0.05) is 19.8 Å². The Morgan fingerprint density at radius 1 is 1.17 bits per heavy atom. The Labute approximate surface area is 140 Å². The molecule has 0 aromatic heterocycles. The molecule has 2 rings (SSSR count). The molecule has 1 aliphatic carbocycles. The van der Waals surface area contributed by atoms with E-state index in [0.29, 0.717) is 5.92 Å². The Morgan fingerprint density at radius 3 is 2.50 bits per heavy atom. The number of ether oxygens (including phenoxy) is 1. The molecule has 1 saturated carbocycles. The van der Waals surface area contributed by atoms with Crippen LogP contribution >= 0.6 is 0 Å². The Balaban J connectivity index is 1.73. The lowest BCUT2D eigenvalue weighted by molar-refractivity contribution is -0.123. The fraction of sp³-hybridized carbons (Fsp3) is 0.471. The number of carbonyl (C=O) groups excluding carboxylic acids is 3. The highest BCUT2D eigenvalue weighted by Crippen LogP contribution is 2.23. The first-order valence-corrected chi connectivity index (χ1v) is 8.02. The van der Waals surface area contributed by atoms with Crippen LogP contribution in [-0.4, -0.2) is 35.7 Å². The summed E-state index contributed by atoms with van der Waals surface area (Å²) in [4.78, 5) is 35.2. The van der Waals surface area contributed by atoms with E-state index in [1.54, 1.807) is 0 Å². The highest BCUT2D eigenvalue weighted by Gasteiger charge is 2.23. The second kappa shape index (κ2) is 8.33. The van der Waals surface area contributed by atoms with E-state index in [9.17, 15) is 14.4 Å². The van der Waals surface area contributed by atoms with Crippen molar-refractivity contribution in [3.8, 4) is 5.75 Å². The molecule has 7 nitrogen and oxygen atoms in total. The maximum absolute atomic E-state index is 11.8. The lowest BCUT2D eigenvalue weighted by Gasteiger charge is -2.29. The molecule has 0 spiro atoms. The van der Waals surface area contributed by atoms with Gasteiger partial charge in [-0.3, -0.25) is 10.1 Å². The van der Waals surface area contributed by atoms with Gasteiger partial charge in [0.25, 0.3) is 5.91 Å². The standard InChI is InChI=1S/C17H22N2O5/c1-11-4-2-3-5-14(11)18-17(23)19-15(21)10-24-16(22)12-6-8-13(20)9-7-12/h6-9,11,14,20H,2-5,10H2,1H3,(H2,18,19,21,23)/t11-,14-/m1/s1. The van der Waals surface area contributed by atoms with Crippen molar-refractivity contribution >= 4 is 17.9 Å². The molecule has 24 heavy (non-hydrogen) atoms. The first-order chi connectivity index (χ1) is 11.5. The number of carbonyl (C=O) groups is 3. The first kappa shape index (κ1) is 17.8. The van der Waals surface area contributed by atoms with E-state index in [-0.39, 0.29) is 17.4 Å². The summed E-state index contributed by atoms with van der Waals surface area (Å²) in [5.74, 6) is -0.987. The Bertz CT molecular complexity index is 600. The normalized spacial score (nSPS) is 20.0. The van der Waals surface area contributed by atoms with Crippen molar-refractivity contribution in [2.24, 2.45) is 5.92 Å². The lowest BCUT2D eigenvalue weighted by Crippen LogP contribution is -2.48. The third-order valence-electron chi connectivity index (χ3n) is 4.12. The largest absolute Gasteiger partial charge is 0.508 e. The highest BCUT2D eigenvalue weighted by molar-refractivity contribution is 5.97. The van der Waals surface area contributed by atoms with Crippen molar-refractivity contribution in [3.05, 3.63) is 29.8 Å². The second-order valence-electron chi connectivity index (χ2n) is 6.01. The summed E-state index contributed by atoms with van der Waals surface area (Å²) in [7, 11) is 0. The number of imide groups is 1. The van der Waals surface area contributed by atoms with Crippen molar-refractivity contribution in [3.63, 3.8) is 0 Å². The first-order valence-electron chi connectivity index (χ1n) is 8.02. The molecule has 0 heterocycles. The monoisotopic (exact) mass is 334 g/mol. The van der Waals surface area contributed by atoms with Gasteiger partial charge in [0.1, 0.15) is 5.75 Å². The molecule has 7 heteroatoms. The van der Waals surface area contributed by atoms with Crippen LogP contribution in [0.15, 0.2) is 24.3 Å². The Kier molecular flexibility index (Phi) is 6.17. The summed E-state index contributed by atoms with van der Waals surface area (Å²) in [6.07, 6.45) is 4.18. The SMILES string of the molecule is C[C@@H]1CCCC[C@H]1NC(=O)NC(=O)COC(=O)c1ccc(O)cc1. The zero-order chi connectivity index (χ0) is 17.5. The maximum Gasteiger partial charge on any atom is 0.338 e.